The average molecular weight is 412 g/mol. The van der Waals surface area contributed by atoms with Crippen molar-refractivity contribution < 1.29 is 9.31 Å². The first-order valence-electron chi connectivity index (χ1n) is 6.88. The summed E-state index contributed by atoms with van der Waals surface area (Å²) in [7, 11) is 0.354. The Kier molecular flexibility index (Phi) is 7.51. The molecular weight excluding hydrogens is 395 g/mol. The molecule has 0 spiro atoms. The van der Waals surface area contributed by atoms with Crippen molar-refractivity contribution in [3.05, 3.63) is 68.6 Å². The molecule has 2 aromatic carbocycles. The fourth-order valence-corrected chi connectivity index (χ4v) is 2.39. The molecule has 0 fully saturated rings. The summed E-state index contributed by atoms with van der Waals surface area (Å²) >= 11 is 6.85. The molecule has 0 amide bonds. The van der Waals surface area contributed by atoms with Gasteiger partial charge in [0.1, 0.15) is 0 Å². The highest BCUT2D eigenvalue weighted by molar-refractivity contribution is 9.10. The zero-order chi connectivity index (χ0) is 14.9. The summed E-state index contributed by atoms with van der Waals surface area (Å²) < 4.78 is 13.2. The summed E-state index contributed by atoms with van der Waals surface area (Å²) in [6.45, 7) is 1.36. The van der Waals surface area contributed by atoms with Crippen molar-refractivity contribution in [2.45, 2.75) is 12.8 Å². The van der Waals surface area contributed by atoms with Gasteiger partial charge in [-0.05, 0) is 48.2 Å². The lowest BCUT2D eigenvalue weighted by Crippen LogP contribution is -2.09. The zero-order valence-electron chi connectivity index (χ0n) is 11.7. The van der Waals surface area contributed by atoms with E-state index in [2.05, 4.69) is 56.1 Å². The number of benzene rings is 2. The normalized spacial score (nSPS) is 10.6. The molecule has 0 heterocycles. The molecule has 5 heteroatoms. The van der Waals surface area contributed by atoms with Gasteiger partial charge < -0.3 is 9.31 Å². The van der Waals surface area contributed by atoms with Crippen molar-refractivity contribution in [1.29, 1.82) is 0 Å². The fourth-order valence-electron chi connectivity index (χ4n) is 1.86. The number of hydrogen-bond acceptors (Lipinski definition) is 2. The van der Waals surface area contributed by atoms with Crippen LogP contribution in [0.4, 0.5) is 0 Å². The van der Waals surface area contributed by atoms with Crippen LogP contribution in [0, 0.1) is 0 Å². The van der Waals surface area contributed by atoms with Crippen LogP contribution in [0.15, 0.2) is 57.5 Å². The maximum Gasteiger partial charge on any atom is 0.438 e. The molecular formula is C16H17BBr2O2. The van der Waals surface area contributed by atoms with Gasteiger partial charge in [0.05, 0.1) is 0 Å². The minimum atomic E-state index is 0.354. The maximum atomic E-state index is 5.48. The molecule has 110 valence electrons. The molecule has 2 rings (SSSR count). The highest BCUT2D eigenvalue weighted by atomic mass is 79.9. The molecule has 0 saturated carbocycles. The maximum absolute atomic E-state index is 5.48. The second-order valence-electron chi connectivity index (χ2n) is 4.69. The van der Waals surface area contributed by atoms with E-state index in [1.54, 1.807) is 0 Å². The second kappa shape index (κ2) is 9.41. The first-order chi connectivity index (χ1) is 10.2. The first kappa shape index (κ1) is 16.8. The average Bonchev–Trinajstić information content (AvgIpc) is 2.50. The van der Waals surface area contributed by atoms with E-state index in [-0.39, 0.29) is 0 Å². The van der Waals surface area contributed by atoms with Gasteiger partial charge in [-0.15, -0.1) is 0 Å². The van der Waals surface area contributed by atoms with Gasteiger partial charge in [-0.25, -0.2) is 0 Å². The van der Waals surface area contributed by atoms with Crippen molar-refractivity contribution in [3.63, 3.8) is 0 Å². The molecule has 0 saturated heterocycles. The lowest BCUT2D eigenvalue weighted by molar-refractivity contribution is 0.225. The van der Waals surface area contributed by atoms with E-state index in [0.717, 1.165) is 21.8 Å². The number of rotatable bonds is 8. The molecule has 0 N–H and O–H groups in total. The van der Waals surface area contributed by atoms with Gasteiger partial charge in [-0.3, -0.25) is 0 Å². The summed E-state index contributed by atoms with van der Waals surface area (Å²) in [5, 5.41) is 0. The van der Waals surface area contributed by atoms with Crippen molar-refractivity contribution in [3.8, 4) is 0 Å². The molecule has 0 aliphatic carbocycles. The van der Waals surface area contributed by atoms with Gasteiger partial charge in [0.2, 0.25) is 0 Å². The quantitative estimate of drug-likeness (QED) is 0.476. The van der Waals surface area contributed by atoms with Crippen LogP contribution in [-0.2, 0) is 22.2 Å². The van der Waals surface area contributed by atoms with Crippen LogP contribution in [0.25, 0.3) is 0 Å². The molecule has 0 unspecified atom stereocenters. The molecule has 0 atom stereocenters. The lowest BCUT2D eigenvalue weighted by Gasteiger charge is -2.05. The Morgan fingerprint density at radius 1 is 0.667 bits per heavy atom. The number of halogens is 2. The van der Waals surface area contributed by atoms with Crippen molar-refractivity contribution in [2.75, 3.05) is 13.2 Å². The summed E-state index contributed by atoms with van der Waals surface area (Å²) in [6.07, 6.45) is 1.81. The Morgan fingerprint density at radius 3 is 1.43 bits per heavy atom. The van der Waals surface area contributed by atoms with E-state index in [1.807, 2.05) is 24.3 Å². The van der Waals surface area contributed by atoms with Gasteiger partial charge in [0, 0.05) is 22.2 Å². The summed E-state index contributed by atoms with van der Waals surface area (Å²) in [4.78, 5) is 0. The van der Waals surface area contributed by atoms with Crippen LogP contribution in [0.5, 0.6) is 0 Å². The molecule has 0 radical (unpaired) electrons. The third-order valence-corrected chi connectivity index (χ3v) is 4.12. The van der Waals surface area contributed by atoms with Crippen molar-refractivity contribution in [2.24, 2.45) is 0 Å². The van der Waals surface area contributed by atoms with Crippen molar-refractivity contribution in [1.82, 2.24) is 0 Å². The van der Waals surface area contributed by atoms with E-state index >= 15 is 0 Å². The van der Waals surface area contributed by atoms with Crippen LogP contribution < -0.4 is 0 Å². The SMILES string of the molecule is Brc1ccc(CCOBOCCc2ccc(Br)cc2)cc1. The molecule has 0 aliphatic heterocycles. The highest BCUT2D eigenvalue weighted by Crippen LogP contribution is 2.11. The Bertz CT molecular complexity index is 479. The van der Waals surface area contributed by atoms with Gasteiger partial charge in [0.25, 0.3) is 0 Å². The topological polar surface area (TPSA) is 18.5 Å². The van der Waals surface area contributed by atoms with E-state index in [4.69, 9.17) is 9.31 Å². The monoisotopic (exact) mass is 410 g/mol. The van der Waals surface area contributed by atoms with Crippen LogP contribution in [-0.4, -0.2) is 20.9 Å². The molecule has 2 aromatic rings. The van der Waals surface area contributed by atoms with Gasteiger partial charge >= 0.3 is 7.69 Å². The van der Waals surface area contributed by atoms with E-state index < -0.39 is 0 Å². The van der Waals surface area contributed by atoms with E-state index in [0.29, 0.717) is 20.9 Å². The van der Waals surface area contributed by atoms with E-state index in [1.165, 1.54) is 11.1 Å². The van der Waals surface area contributed by atoms with Crippen LogP contribution in [0.3, 0.4) is 0 Å². The molecule has 0 aliphatic rings. The van der Waals surface area contributed by atoms with Gasteiger partial charge in [-0.2, -0.15) is 0 Å². The zero-order valence-corrected chi connectivity index (χ0v) is 14.9. The van der Waals surface area contributed by atoms with Gasteiger partial charge in [0.15, 0.2) is 0 Å². The Morgan fingerprint density at radius 2 is 1.05 bits per heavy atom. The van der Waals surface area contributed by atoms with Crippen molar-refractivity contribution >= 4 is 39.5 Å². The van der Waals surface area contributed by atoms with E-state index in [9.17, 15) is 0 Å². The third kappa shape index (κ3) is 6.79. The number of hydrogen-bond donors (Lipinski definition) is 0. The second-order valence-corrected chi connectivity index (χ2v) is 6.52. The molecule has 2 nitrogen and oxygen atoms in total. The fraction of sp³-hybridized carbons (Fsp3) is 0.250. The first-order valence-corrected chi connectivity index (χ1v) is 8.47. The van der Waals surface area contributed by atoms with Gasteiger partial charge in [-0.1, -0.05) is 56.1 Å². The molecule has 0 bridgehead atoms. The minimum Gasteiger partial charge on any atom is -0.414 e. The summed E-state index contributed by atoms with van der Waals surface area (Å²) in [5.74, 6) is 0. The minimum absolute atomic E-state index is 0.354. The molecule has 21 heavy (non-hydrogen) atoms. The highest BCUT2D eigenvalue weighted by Gasteiger charge is 1.97. The lowest BCUT2D eigenvalue weighted by atomic mass is 10.1. The molecule has 0 aromatic heterocycles. The largest absolute Gasteiger partial charge is 0.438 e. The van der Waals surface area contributed by atoms with Crippen LogP contribution in [0.2, 0.25) is 0 Å². The standard InChI is InChI=1S/C16H17BBr2O2/c18-15-5-1-13(2-6-15)9-11-20-17-21-12-10-14-3-7-16(19)8-4-14/h1-8,17H,9-12H2. The van der Waals surface area contributed by atoms with Crippen LogP contribution >= 0.6 is 31.9 Å². The summed E-state index contributed by atoms with van der Waals surface area (Å²) in [6, 6.07) is 16.6. The van der Waals surface area contributed by atoms with Crippen LogP contribution in [0.1, 0.15) is 11.1 Å². The summed E-state index contributed by atoms with van der Waals surface area (Å²) in [5.41, 5.74) is 2.54. The smallest absolute Gasteiger partial charge is 0.414 e. The Hall–Kier alpha value is -0.615. The Balaban J connectivity index is 1.52. The predicted octanol–water partition coefficient (Wildman–Crippen LogP) is 4.30. The third-order valence-electron chi connectivity index (χ3n) is 3.06. The predicted molar refractivity (Wildman–Crippen MR) is 94.7 cm³/mol. The Labute approximate surface area is 143 Å².